The van der Waals surface area contributed by atoms with Crippen molar-refractivity contribution >= 4 is 11.7 Å². The number of anilines is 1. The van der Waals surface area contributed by atoms with Crippen LogP contribution in [0.4, 0.5) is 14.9 Å². The van der Waals surface area contributed by atoms with Crippen molar-refractivity contribution in [1.29, 1.82) is 0 Å². The van der Waals surface area contributed by atoms with Crippen molar-refractivity contribution in [2.45, 2.75) is 13.0 Å². The molecule has 0 bridgehead atoms. The molecule has 0 unspecified atom stereocenters. The Morgan fingerprint density at radius 3 is 2.68 bits per heavy atom. The van der Waals surface area contributed by atoms with Gasteiger partial charge in [0.2, 0.25) is 0 Å². The molecule has 1 aliphatic rings. The highest BCUT2D eigenvalue weighted by molar-refractivity contribution is 5.89. The van der Waals surface area contributed by atoms with Gasteiger partial charge in [0.1, 0.15) is 11.6 Å². The molecule has 0 spiro atoms. The molecule has 134 valence electrons. The van der Waals surface area contributed by atoms with Crippen LogP contribution in [0.15, 0.2) is 41.0 Å². The van der Waals surface area contributed by atoms with Gasteiger partial charge in [-0.25, -0.2) is 9.18 Å². The van der Waals surface area contributed by atoms with Crippen molar-refractivity contribution in [3.63, 3.8) is 0 Å². The number of nitrogens with zero attached hydrogens (tertiary/aromatic N) is 2. The predicted molar refractivity (Wildman–Crippen MR) is 92.8 cm³/mol. The van der Waals surface area contributed by atoms with E-state index in [9.17, 15) is 14.3 Å². The summed E-state index contributed by atoms with van der Waals surface area (Å²) in [6, 6.07) is 7.75. The van der Waals surface area contributed by atoms with Gasteiger partial charge in [-0.1, -0.05) is 0 Å². The van der Waals surface area contributed by atoms with E-state index < -0.39 is 5.82 Å². The zero-order chi connectivity index (χ0) is 17.8. The van der Waals surface area contributed by atoms with Crippen LogP contribution in [0.25, 0.3) is 11.3 Å². The maximum absolute atomic E-state index is 14.3. The summed E-state index contributed by atoms with van der Waals surface area (Å²) in [6.07, 6.45) is 1.14. The number of nitrogens with one attached hydrogen (secondary N) is 1. The van der Waals surface area contributed by atoms with Gasteiger partial charge in [0.15, 0.2) is 0 Å². The second-order valence-electron chi connectivity index (χ2n) is 6.24. The highest BCUT2D eigenvalue weighted by Crippen LogP contribution is 2.25. The molecule has 2 amide bonds. The van der Waals surface area contributed by atoms with Gasteiger partial charge in [0.25, 0.3) is 0 Å². The number of carbonyl (C=O) groups is 1. The lowest BCUT2D eigenvalue weighted by atomic mass is 10.1. The fourth-order valence-electron chi connectivity index (χ4n) is 2.91. The molecular formula is C18H22FN3O3. The fraction of sp³-hybridized carbons (Fsp3) is 0.389. The highest BCUT2D eigenvalue weighted by Gasteiger charge is 2.22. The van der Waals surface area contributed by atoms with E-state index in [0.717, 1.165) is 0 Å². The first-order chi connectivity index (χ1) is 12.0. The van der Waals surface area contributed by atoms with Gasteiger partial charge in [-0.15, -0.1) is 0 Å². The van der Waals surface area contributed by atoms with Crippen LogP contribution in [-0.4, -0.2) is 59.8 Å². The van der Waals surface area contributed by atoms with Gasteiger partial charge in [-0.05, 0) is 37.3 Å². The van der Waals surface area contributed by atoms with E-state index >= 15 is 0 Å². The Hall–Kier alpha value is -2.38. The Labute approximate surface area is 145 Å². The van der Waals surface area contributed by atoms with Crippen LogP contribution in [0.5, 0.6) is 0 Å². The first kappa shape index (κ1) is 17.4. The summed E-state index contributed by atoms with van der Waals surface area (Å²) in [4.78, 5) is 16.1. The SMILES string of the molecule is C[C@H](O)CN1CCN(C(=O)Nc2ccc(-c3ccco3)cc2F)CC1. The summed E-state index contributed by atoms with van der Waals surface area (Å²) in [5.41, 5.74) is 0.763. The van der Waals surface area contributed by atoms with Gasteiger partial charge in [0.05, 0.1) is 18.1 Å². The molecule has 1 aromatic heterocycles. The molecule has 2 N–H and O–H groups in total. The topological polar surface area (TPSA) is 69.0 Å². The van der Waals surface area contributed by atoms with Crippen molar-refractivity contribution in [3.8, 4) is 11.3 Å². The number of carbonyl (C=O) groups excluding carboxylic acids is 1. The van der Waals surface area contributed by atoms with Crippen LogP contribution in [0.3, 0.4) is 0 Å². The second-order valence-corrected chi connectivity index (χ2v) is 6.24. The molecule has 6 nitrogen and oxygen atoms in total. The minimum atomic E-state index is -0.505. The number of amides is 2. The molecule has 0 aliphatic carbocycles. The monoisotopic (exact) mass is 347 g/mol. The number of β-amino-alcohol motifs (C(OH)–C–C–N with tert-alkyl or cyclic N) is 1. The predicted octanol–water partition coefficient (Wildman–Crippen LogP) is 2.62. The van der Waals surface area contributed by atoms with E-state index in [1.54, 1.807) is 30.0 Å². The lowest BCUT2D eigenvalue weighted by Gasteiger charge is -2.35. The zero-order valence-electron chi connectivity index (χ0n) is 14.1. The molecule has 0 radical (unpaired) electrons. The number of hydrogen-bond donors (Lipinski definition) is 2. The average Bonchev–Trinajstić information content (AvgIpc) is 3.11. The molecule has 0 saturated carbocycles. The quantitative estimate of drug-likeness (QED) is 0.892. The summed E-state index contributed by atoms with van der Waals surface area (Å²) < 4.78 is 19.5. The van der Waals surface area contributed by atoms with E-state index in [-0.39, 0.29) is 17.8 Å². The molecular weight excluding hydrogens is 325 g/mol. The summed E-state index contributed by atoms with van der Waals surface area (Å²) in [7, 11) is 0. The summed E-state index contributed by atoms with van der Waals surface area (Å²) >= 11 is 0. The second kappa shape index (κ2) is 7.67. The maximum atomic E-state index is 14.3. The molecule has 1 aliphatic heterocycles. The van der Waals surface area contributed by atoms with Crippen molar-refractivity contribution in [2.75, 3.05) is 38.0 Å². The summed E-state index contributed by atoms with van der Waals surface area (Å²) in [5.74, 6) is 0.0704. The molecule has 7 heteroatoms. The Morgan fingerprint density at radius 1 is 1.32 bits per heavy atom. The van der Waals surface area contributed by atoms with Crippen LogP contribution in [0.2, 0.25) is 0 Å². The number of aliphatic hydroxyl groups is 1. The van der Waals surface area contributed by atoms with Crippen molar-refractivity contribution in [2.24, 2.45) is 0 Å². The third-order valence-corrected chi connectivity index (χ3v) is 4.20. The molecule has 2 heterocycles. The average molecular weight is 347 g/mol. The van der Waals surface area contributed by atoms with Crippen molar-refractivity contribution in [1.82, 2.24) is 9.80 Å². The third-order valence-electron chi connectivity index (χ3n) is 4.20. The van der Waals surface area contributed by atoms with Gasteiger partial charge < -0.3 is 19.7 Å². The summed E-state index contributed by atoms with van der Waals surface area (Å²) in [6.45, 7) is 4.82. The van der Waals surface area contributed by atoms with Crippen LogP contribution >= 0.6 is 0 Å². The molecule has 1 aromatic carbocycles. The molecule has 2 aromatic rings. The Bertz CT molecular complexity index is 710. The largest absolute Gasteiger partial charge is 0.464 e. The molecule has 1 fully saturated rings. The normalized spacial score (nSPS) is 16.7. The lowest BCUT2D eigenvalue weighted by Crippen LogP contribution is -2.51. The Balaban J connectivity index is 1.58. The van der Waals surface area contributed by atoms with E-state index in [0.29, 0.717) is 44.0 Å². The zero-order valence-corrected chi connectivity index (χ0v) is 14.1. The molecule has 3 rings (SSSR count). The first-order valence-corrected chi connectivity index (χ1v) is 8.32. The standard InChI is InChI=1S/C18H22FN3O3/c1-13(23)12-21-6-8-22(9-7-21)18(24)20-16-5-4-14(11-15(16)19)17-3-2-10-25-17/h2-5,10-11,13,23H,6-9,12H2,1H3,(H,20,24)/t13-/m0/s1. The molecule has 1 atom stereocenters. The number of hydrogen-bond acceptors (Lipinski definition) is 4. The van der Waals surface area contributed by atoms with Crippen molar-refractivity contribution < 1.29 is 18.7 Å². The van der Waals surface area contributed by atoms with Gasteiger partial charge in [0, 0.05) is 38.3 Å². The van der Waals surface area contributed by atoms with Crippen LogP contribution in [0, 0.1) is 5.82 Å². The minimum absolute atomic E-state index is 0.145. The minimum Gasteiger partial charge on any atom is -0.464 e. The van der Waals surface area contributed by atoms with E-state index in [2.05, 4.69) is 10.2 Å². The number of rotatable bonds is 4. The molecule has 1 saturated heterocycles. The van der Waals surface area contributed by atoms with Gasteiger partial charge in [-0.3, -0.25) is 4.90 Å². The number of urea groups is 1. The fourth-order valence-corrected chi connectivity index (χ4v) is 2.91. The number of furan rings is 1. The van der Waals surface area contributed by atoms with E-state index in [1.807, 2.05) is 0 Å². The summed E-state index contributed by atoms with van der Waals surface area (Å²) in [5, 5.41) is 12.0. The third kappa shape index (κ3) is 4.37. The molecule has 25 heavy (non-hydrogen) atoms. The number of halogens is 1. The Kier molecular flexibility index (Phi) is 5.35. The number of aliphatic hydroxyl groups excluding tert-OH is 1. The van der Waals surface area contributed by atoms with E-state index in [4.69, 9.17) is 4.42 Å². The highest BCUT2D eigenvalue weighted by atomic mass is 19.1. The smallest absolute Gasteiger partial charge is 0.322 e. The maximum Gasteiger partial charge on any atom is 0.322 e. The number of benzene rings is 1. The lowest BCUT2D eigenvalue weighted by molar-refractivity contribution is 0.0923. The van der Waals surface area contributed by atoms with Crippen LogP contribution in [-0.2, 0) is 0 Å². The van der Waals surface area contributed by atoms with E-state index in [1.165, 1.54) is 18.4 Å². The Morgan fingerprint density at radius 2 is 2.08 bits per heavy atom. The first-order valence-electron chi connectivity index (χ1n) is 8.32. The van der Waals surface area contributed by atoms with Crippen LogP contribution < -0.4 is 5.32 Å². The van der Waals surface area contributed by atoms with Gasteiger partial charge >= 0.3 is 6.03 Å². The van der Waals surface area contributed by atoms with Crippen molar-refractivity contribution in [3.05, 3.63) is 42.4 Å². The van der Waals surface area contributed by atoms with Crippen LogP contribution in [0.1, 0.15) is 6.92 Å². The number of piperazine rings is 1. The van der Waals surface area contributed by atoms with Gasteiger partial charge in [-0.2, -0.15) is 0 Å².